The van der Waals surface area contributed by atoms with Gasteiger partial charge in [-0.05, 0) is 61.7 Å². The number of carbonyl (C=O) groups is 2. The lowest BCUT2D eigenvalue weighted by Gasteiger charge is -2.33. The number of ether oxygens (including phenoxy) is 3. The number of hydrogen-bond donors (Lipinski definition) is 1. The van der Waals surface area contributed by atoms with Crippen molar-refractivity contribution in [2.45, 2.75) is 56.1 Å². The fourth-order valence-electron chi connectivity index (χ4n) is 5.38. The Labute approximate surface area is 252 Å². The summed E-state index contributed by atoms with van der Waals surface area (Å²) in [6, 6.07) is 19.2. The number of methoxy groups -OCH3 is 1. The summed E-state index contributed by atoms with van der Waals surface area (Å²) in [5.74, 6) is 0.681. The lowest BCUT2D eigenvalue weighted by atomic mass is 10.1. The van der Waals surface area contributed by atoms with Crippen LogP contribution in [-0.4, -0.2) is 64.1 Å². The van der Waals surface area contributed by atoms with Gasteiger partial charge in [-0.25, -0.2) is 8.42 Å². The first-order chi connectivity index (χ1) is 20.8. The van der Waals surface area contributed by atoms with Crippen LogP contribution in [0.15, 0.2) is 77.7 Å². The molecule has 1 atom stereocenters. The highest BCUT2D eigenvalue weighted by Crippen LogP contribution is 2.36. The van der Waals surface area contributed by atoms with Crippen molar-refractivity contribution in [1.29, 1.82) is 0 Å². The molecule has 1 fully saturated rings. The van der Waals surface area contributed by atoms with E-state index < -0.39 is 28.5 Å². The molecule has 2 amide bonds. The standard InChI is InChI=1S/C32H37N3O7S/c1-23(32(37)33-25-10-6-7-11-25)34(21-24-9-8-12-27(19-24)40-2)31(36)22-35(43(38,39)28-13-4-3-5-14-28)26-15-16-29-30(20-26)42-18-17-41-29/h3-5,8-9,12-16,19-20,23,25H,6-7,10-11,17-18,21-22H2,1-2H3,(H,33,37)/t23-/m1/s1. The molecule has 0 unspecified atom stereocenters. The van der Waals surface area contributed by atoms with Gasteiger partial charge in [0.05, 0.1) is 17.7 Å². The third-order valence-corrected chi connectivity index (χ3v) is 9.57. The SMILES string of the molecule is COc1cccc(CN(C(=O)CN(c2ccc3c(c2)OCCO3)S(=O)(=O)c2ccccc2)[C@H](C)C(=O)NC2CCCC2)c1. The maximum absolute atomic E-state index is 14.2. The molecule has 1 heterocycles. The van der Waals surface area contributed by atoms with Crippen LogP contribution in [0.3, 0.4) is 0 Å². The molecule has 0 radical (unpaired) electrons. The second-order valence-corrected chi connectivity index (χ2v) is 12.6. The number of hydrogen-bond acceptors (Lipinski definition) is 7. The number of carbonyl (C=O) groups excluding carboxylic acids is 2. The number of nitrogens with one attached hydrogen (secondary N) is 1. The van der Waals surface area contributed by atoms with Crippen LogP contribution < -0.4 is 23.8 Å². The van der Waals surface area contributed by atoms with Gasteiger partial charge in [0.2, 0.25) is 11.8 Å². The monoisotopic (exact) mass is 607 g/mol. The lowest BCUT2D eigenvalue weighted by Crippen LogP contribution is -2.52. The first-order valence-electron chi connectivity index (χ1n) is 14.5. The first kappa shape index (κ1) is 30.2. The molecule has 0 saturated heterocycles. The summed E-state index contributed by atoms with van der Waals surface area (Å²) in [4.78, 5) is 29.0. The maximum Gasteiger partial charge on any atom is 0.264 e. The number of nitrogens with zero attached hydrogens (tertiary/aromatic N) is 2. The second kappa shape index (κ2) is 13.4. The summed E-state index contributed by atoms with van der Waals surface area (Å²) in [6.45, 7) is 1.92. The van der Waals surface area contributed by atoms with Crippen LogP contribution in [-0.2, 0) is 26.2 Å². The molecule has 5 rings (SSSR count). The van der Waals surface area contributed by atoms with Gasteiger partial charge in [-0.3, -0.25) is 13.9 Å². The summed E-state index contributed by atoms with van der Waals surface area (Å²) in [5.41, 5.74) is 0.982. The summed E-state index contributed by atoms with van der Waals surface area (Å²) in [5, 5.41) is 3.08. The summed E-state index contributed by atoms with van der Waals surface area (Å²) < 4.78 is 45.8. The van der Waals surface area contributed by atoms with Crippen molar-refractivity contribution in [2.75, 3.05) is 31.2 Å². The third-order valence-electron chi connectivity index (χ3n) is 7.78. The lowest BCUT2D eigenvalue weighted by molar-refractivity contribution is -0.139. The van der Waals surface area contributed by atoms with Crippen molar-refractivity contribution < 1.29 is 32.2 Å². The zero-order valence-corrected chi connectivity index (χ0v) is 25.2. The van der Waals surface area contributed by atoms with Crippen LogP contribution in [0.5, 0.6) is 17.2 Å². The van der Waals surface area contributed by atoms with E-state index in [2.05, 4.69) is 5.32 Å². The number of benzene rings is 3. The van der Waals surface area contributed by atoms with Gasteiger partial charge < -0.3 is 24.4 Å². The second-order valence-electron chi connectivity index (χ2n) is 10.7. The molecule has 11 heteroatoms. The van der Waals surface area contributed by atoms with Crippen LogP contribution in [0.4, 0.5) is 5.69 Å². The predicted octanol–water partition coefficient (Wildman–Crippen LogP) is 4.14. The van der Waals surface area contributed by atoms with Crippen molar-refractivity contribution in [2.24, 2.45) is 0 Å². The van der Waals surface area contributed by atoms with Crippen LogP contribution in [0.1, 0.15) is 38.2 Å². The van der Waals surface area contributed by atoms with E-state index in [1.165, 1.54) is 17.0 Å². The van der Waals surface area contributed by atoms with Gasteiger partial charge in [0, 0.05) is 18.7 Å². The predicted molar refractivity (Wildman–Crippen MR) is 162 cm³/mol. The zero-order valence-electron chi connectivity index (χ0n) is 24.4. The van der Waals surface area contributed by atoms with Crippen molar-refractivity contribution in [3.05, 3.63) is 78.4 Å². The molecule has 0 spiro atoms. The molecular weight excluding hydrogens is 570 g/mol. The molecule has 0 aromatic heterocycles. The van der Waals surface area contributed by atoms with E-state index in [4.69, 9.17) is 14.2 Å². The van der Waals surface area contributed by atoms with Crippen molar-refractivity contribution in [3.63, 3.8) is 0 Å². The van der Waals surface area contributed by atoms with E-state index in [0.29, 0.717) is 30.5 Å². The Balaban J connectivity index is 1.49. The molecule has 1 aliphatic heterocycles. The molecule has 0 bridgehead atoms. The zero-order chi connectivity index (χ0) is 30.4. The van der Waals surface area contributed by atoms with E-state index in [1.54, 1.807) is 68.6 Å². The smallest absolute Gasteiger partial charge is 0.264 e. The molecular formula is C32H37N3O7S. The molecule has 1 aliphatic carbocycles. The van der Waals surface area contributed by atoms with Crippen molar-refractivity contribution >= 4 is 27.5 Å². The Morgan fingerprint density at radius 3 is 2.40 bits per heavy atom. The van der Waals surface area contributed by atoms with E-state index in [1.807, 2.05) is 6.07 Å². The fraction of sp³-hybridized carbons (Fsp3) is 0.375. The van der Waals surface area contributed by atoms with Crippen LogP contribution in [0, 0.1) is 0 Å². The van der Waals surface area contributed by atoms with E-state index in [-0.39, 0.29) is 29.1 Å². The van der Waals surface area contributed by atoms with Gasteiger partial charge in [-0.2, -0.15) is 0 Å². The minimum absolute atomic E-state index is 0.0315. The largest absolute Gasteiger partial charge is 0.497 e. The van der Waals surface area contributed by atoms with Crippen molar-refractivity contribution in [1.82, 2.24) is 10.2 Å². The van der Waals surface area contributed by atoms with Crippen LogP contribution in [0.2, 0.25) is 0 Å². The minimum atomic E-state index is -4.19. The van der Waals surface area contributed by atoms with Gasteiger partial charge in [0.25, 0.3) is 10.0 Å². The summed E-state index contributed by atoms with van der Waals surface area (Å²) in [6.07, 6.45) is 3.90. The summed E-state index contributed by atoms with van der Waals surface area (Å²) in [7, 11) is -2.63. The summed E-state index contributed by atoms with van der Waals surface area (Å²) >= 11 is 0. The Morgan fingerprint density at radius 2 is 1.67 bits per heavy atom. The van der Waals surface area contributed by atoms with E-state index >= 15 is 0 Å². The highest BCUT2D eigenvalue weighted by Gasteiger charge is 2.34. The molecule has 10 nitrogen and oxygen atoms in total. The highest BCUT2D eigenvalue weighted by atomic mass is 32.2. The average molecular weight is 608 g/mol. The number of rotatable bonds is 11. The number of anilines is 1. The third kappa shape index (κ3) is 7.05. The van der Waals surface area contributed by atoms with Gasteiger partial charge in [-0.15, -0.1) is 0 Å². The Kier molecular flexibility index (Phi) is 9.40. The average Bonchev–Trinajstić information content (AvgIpc) is 3.55. The number of fused-ring (bicyclic) bond motifs is 1. The van der Waals surface area contributed by atoms with Crippen LogP contribution in [0.25, 0.3) is 0 Å². The number of amides is 2. The Hall–Kier alpha value is -4.25. The van der Waals surface area contributed by atoms with Gasteiger partial charge in [0.15, 0.2) is 11.5 Å². The topological polar surface area (TPSA) is 114 Å². The quantitative estimate of drug-likeness (QED) is 0.349. The molecule has 2 aliphatic rings. The number of sulfonamides is 1. The molecule has 3 aromatic rings. The Morgan fingerprint density at radius 1 is 0.953 bits per heavy atom. The molecule has 3 aromatic carbocycles. The highest BCUT2D eigenvalue weighted by molar-refractivity contribution is 7.92. The fourth-order valence-corrected chi connectivity index (χ4v) is 6.80. The molecule has 228 valence electrons. The first-order valence-corrected chi connectivity index (χ1v) is 15.9. The van der Waals surface area contributed by atoms with Crippen molar-refractivity contribution in [3.8, 4) is 17.2 Å². The maximum atomic E-state index is 14.2. The van der Waals surface area contributed by atoms with E-state index in [9.17, 15) is 18.0 Å². The van der Waals surface area contributed by atoms with Gasteiger partial charge in [0.1, 0.15) is 31.5 Å². The normalized spacial score (nSPS) is 15.4. The van der Waals surface area contributed by atoms with Crippen LogP contribution >= 0.6 is 0 Å². The molecule has 1 N–H and O–H groups in total. The van der Waals surface area contributed by atoms with E-state index in [0.717, 1.165) is 35.6 Å². The minimum Gasteiger partial charge on any atom is -0.497 e. The molecule has 1 saturated carbocycles. The van der Waals surface area contributed by atoms with Gasteiger partial charge >= 0.3 is 0 Å². The molecule has 43 heavy (non-hydrogen) atoms. The van der Waals surface area contributed by atoms with Gasteiger partial charge in [-0.1, -0.05) is 43.2 Å². The Bertz CT molecular complexity index is 1540.